The summed E-state index contributed by atoms with van der Waals surface area (Å²) in [5.74, 6) is 0. The summed E-state index contributed by atoms with van der Waals surface area (Å²) in [5, 5.41) is 2.05. The minimum Gasteiger partial charge on any atom is -0.258 e. The Balaban J connectivity index is 2.51. The van der Waals surface area contributed by atoms with Crippen molar-refractivity contribution in [3.05, 3.63) is 23.8 Å². The molecule has 1 aliphatic heterocycles. The van der Waals surface area contributed by atoms with Gasteiger partial charge in [0.05, 0.1) is 5.69 Å². The van der Waals surface area contributed by atoms with E-state index in [9.17, 15) is 14.4 Å². The maximum absolute atomic E-state index is 11.1. The maximum Gasteiger partial charge on any atom is 0.338 e. The van der Waals surface area contributed by atoms with Crippen molar-refractivity contribution in [2.75, 3.05) is 4.90 Å². The Kier molecular flexibility index (Phi) is 2.27. The first-order chi connectivity index (χ1) is 7.63. The van der Waals surface area contributed by atoms with Gasteiger partial charge in [-0.2, -0.15) is 4.99 Å². The number of amides is 4. The highest BCUT2D eigenvalue weighted by Crippen LogP contribution is 2.31. The average molecular weight is 217 g/mol. The number of isocyanates is 1. The van der Waals surface area contributed by atoms with Crippen molar-refractivity contribution in [3.63, 3.8) is 0 Å². The topological polar surface area (TPSA) is 78.8 Å². The Morgan fingerprint density at radius 3 is 2.56 bits per heavy atom. The Morgan fingerprint density at radius 2 is 2.00 bits per heavy atom. The number of rotatable bonds is 2. The molecule has 0 radical (unpaired) electrons. The molecular weight excluding hydrogens is 210 g/mol. The summed E-state index contributed by atoms with van der Waals surface area (Å²) in [4.78, 5) is 36.9. The maximum atomic E-state index is 11.1. The second kappa shape index (κ2) is 3.60. The summed E-state index contributed by atoms with van der Waals surface area (Å²) in [6.07, 6.45) is 1.39. The van der Waals surface area contributed by atoms with E-state index in [1.54, 1.807) is 18.2 Å². The third kappa shape index (κ3) is 1.47. The summed E-state index contributed by atoms with van der Waals surface area (Å²) < 4.78 is 0. The van der Waals surface area contributed by atoms with Crippen molar-refractivity contribution < 1.29 is 14.4 Å². The molecule has 6 nitrogen and oxygen atoms in total. The molecule has 1 fully saturated rings. The van der Waals surface area contributed by atoms with Crippen LogP contribution in [-0.4, -0.2) is 18.1 Å². The van der Waals surface area contributed by atoms with Crippen LogP contribution < -0.4 is 10.2 Å². The second-order valence-corrected chi connectivity index (χ2v) is 3.27. The molecule has 1 N–H and O–H groups in total. The van der Waals surface area contributed by atoms with Crippen molar-refractivity contribution in [2.24, 2.45) is 4.99 Å². The van der Waals surface area contributed by atoms with E-state index in [0.29, 0.717) is 0 Å². The van der Waals surface area contributed by atoms with Gasteiger partial charge in [0.2, 0.25) is 6.08 Å². The number of carbonyl (C=O) groups is 2. The first-order valence-electron chi connectivity index (χ1n) is 4.47. The van der Waals surface area contributed by atoms with Crippen LogP contribution in [0.25, 0.3) is 0 Å². The molecule has 80 valence electrons. The third-order valence-electron chi connectivity index (χ3n) is 2.16. The van der Waals surface area contributed by atoms with Crippen LogP contribution in [0.5, 0.6) is 0 Å². The highest BCUT2D eigenvalue weighted by Gasteiger charge is 2.36. The zero-order valence-corrected chi connectivity index (χ0v) is 8.35. The van der Waals surface area contributed by atoms with E-state index < -0.39 is 12.1 Å². The van der Waals surface area contributed by atoms with Gasteiger partial charge in [-0.1, -0.05) is 6.07 Å². The van der Waals surface area contributed by atoms with Crippen LogP contribution in [0.3, 0.4) is 0 Å². The van der Waals surface area contributed by atoms with Crippen molar-refractivity contribution in [1.29, 1.82) is 0 Å². The number of anilines is 1. The third-order valence-corrected chi connectivity index (χ3v) is 2.16. The summed E-state index contributed by atoms with van der Waals surface area (Å²) in [6.45, 7) is 1.81. The summed E-state index contributed by atoms with van der Waals surface area (Å²) in [7, 11) is 0. The Hall–Kier alpha value is -2.46. The number of urea groups is 2. The number of aliphatic imine (C=N–C) groups is 1. The van der Waals surface area contributed by atoms with Gasteiger partial charge < -0.3 is 0 Å². The molecule has 4 amide bonds. The smallest absolute Gasteiger partial charge is 0.258 e. The van der Waals surface area contributed by atoms with Gasteiger partial charge >= 0.3 is 12.1 Å². The van der Waals surface area contributed by atoms with Gasteiger partial charge in [0.1, 0.15) is 5.69 Å². The first-order valence-corrected chi connectivity index (χ1v) is 4.47. The number of aryl methyl sites for hydroxylation is 1. The van der Waals surface area contributed by atoms with Crippen molar-refractivity contribution in [1.82, 2.24) is 5.32 Å². The van der Waals surface area contributed by atoms with E-state index in [-0.39, 0.29) is 11.4 Å². The fourth-order valence-electron chi connectivity index (χ4n) is 1.42. The number of nitrogens with zero attached hydrogens (tertiary/aromatic N) is 2. The normalized spacial score (nSPS) is 13.9. The standard InChI is InChI=1S/C10H7N3O3/c1-6-2-3-8(7(4-6)11-5-14)13-9(15)12-10(13)16/h2-4H,1H3,(H,12,15,16). The SMILES string of the molecule is Cc1ccc(N2C(=O)NC2=O)c(N=C=O)c1. The molecule has 2 rings (SSSR count). The lowest BCUT2D eigenvalue weighted by atomic mass is 10.1. The predicted molar refractivity (Wildman–Crippen MR) is 55.4 cm³/mol. The number of imide groups is 2. The van der Waals surface area contributed by atoms with Crippen LogP contribution in [0.2, 0.25) is 0 Å². The molecule has 1 heterocycles. The van der Waals surface area contributed by atoms with Crippen molar-refractivity contribution in [3.8, 4) is 0 Å². The molecule has 1 aromatic carbocycles. The first kappa shape index (κ1) is 10.1. The molecule has 0 atom stereocenters. The van der Waals surface area contributed by atoms with E-state index in [1.807, 2.05) is 12.2 Å². The minimum absolute atomic E-state index is 0.248. The summed E-state index contributed by atoms with van der Waals surface area (Å²) in [6, 6.07) is 3.81. The van der Waals surface area contributed by atoms with E-state index in [0.717, 1.165) is 10.5 Å². The quantitative estimate of drug-likeness (QED) is 0.603. The molecule has 0 aliphatic carbocycles. The zero-order chi connectivity index (χ0) is 11.7. The molecule has 1 saturated heterocycles. The van der Waals surface area contributed by atoms with Gasteiger partial charge in [-0.05, 0) is 24.6 Å². The molecule has 16 heavy (non-hydrogen) atoms. The number of nitrogens with one attached hydrogen (secondary N) is 1. The van der Waals surface area contributed by atoms with Gasteiger partial charge in [0.25, 0.3) is 0 Å². The number of hydrogen-bond acceptors (Lipinski definition) is 4. The molecule has 0 unspecified atom stereocenters. The van der Waals surface area contributed by atoms with Gasteiger partial charge in [-0.15, -0.1) is 0 Å². The number of carbonyl (C=O) groups excluding carboxylic acids is 3. The van der Waals surface area contributed by atoms with E-state index in [4.69, 9.17) is 0 Å². The zero-order valence-electron chi connectivity index (χ0n) is 8.35. The Morgan fingerprint density at radius 1 is 1.31 bits per heavy atom. The summed E-state index contributed by atoms with van der Waals surface area (Å²) >= 11 is 0. The molecule has 0 bridgehead atoms. The lowest BCUT2D eigenvalue weighted by Gasteiger charge is -2.29. The fraction of sp³-hybridized carbons (Fsp3) is 0.100. The molecule has 0 saturated carbocycles. The van der Waals surface area contributed by atoms with Crippen molar-refractivity contribution in [2.45, 2.75) is 6.92 Å². The average Bonchev–Trinajstić information content (AvgIpc) is 2.22. The Bertz CT molecular complexity index is 518. The van der Waals surface area contributed by atoms with Crippen LogP contribution in [0.1, 0.15) is 5.56 Å². The van der Waals surface area contributed by atoms with Gasteiger partial charge in [0, 0.05) is 0 Å². The molecule has 0 aromatic heterocycles. The molecular formula is C10H7N3O3. The van der Waals surface area contributed by atoms with Gasteiger partial charge in [0.15, 0.2) is 0 Å². The second-order valence-electron chi connectivity index (χ2n) is 3.27. The number of benzene rings is 1. The largest absolute Gasteiger partial charge is 0.338 e. The lowest BCUT2D eigenvalue weighted by Crippen LogP contribution is -2.61. The van der Waals surface area contributed by atoms with Gasteiger partial charge in [-0.25, -0.2) is 19.3 Å². The van der Waals surface area contributed by atoms with E-state index in [2.05, 4.69) is 4.99 Å². The van der Waals surface area contributed by atoms with Crippen LogP contribution >= 0.6 is 0 Å². The minimum atomic E-state index is -0.531. The fourth-order valence-corrected chi connectivity index (χ4v) is 1.42. The van der Waals surface area contributed by atoms with E-state index in [1.165, 1.54) is 6.08 Å². The van der Waals surface area contributed by atoms with Crippen LogP contribution in [0, 0.1) is 6.92 Å². The van der Waals surface area contributed by atoms with Gasteiger partial charge in [-0.3, -0.25) is 5.32 Å². The predicted octanol–water partition coefficient (Wildman–Crippen LogP) is 1.61. The van der Waals surface area contributed by atoms with Crippen LogP contribution in [0.4, 0.5) is 21.0 Å². The molecule has 6 heteroatoms. The highest BCUT2D eigenvalue weighted by molar-refractivity contribution is 6.29. The lowest BCUT2D eigenvalue weighted by molar-refractivity contribution is 0.218. The molecule has 1 aliphatic rings. The molecule has 0 spiro atoms. The van der Waals surface area contributed by atoms with Crippen molar-refractivity contribution >= 4 is 29.5 Å². The van der Waals surface area contributed by atoms with E-state index >= 15 is 0 Å². The summed E-state index contributed by atoms with van der Waals surface area (Å²) in [5.41, 5.74) is 1.40. The highest BCUT2D eigenvalue weighted by atomic mass is 16.2. The number of hydrogen-bond donors (Lipinski definition) is 1. The van der Waals surface area contributed by atoms with Crippen LogP contribution in [-0.2, 0) is 4.79 Å². The van der Waals surface area contributed by atoms with Crippen LogP contribution in [0.15, 0.2) is 23.2 Å². The molecule has 1 aromatic rings. The monoisotopic (exact) mass is 217 g/mol. The Labute approximate surface area is 90.6 Å².